The van der Waals surface area contributed by atoms with Gasteiger partial charge < -0.3 is 10.2 Å². The van der Waals surface area contributed by atoms with Crippen molar-refractivity contribution in [3.8, 4) is 0 Å². The molecule has 1 amide bonds. The van der Waals surface area contributed by atoms with Crippen molar-refractivity contribution in [3.63, 3.8) is 0 Å². The first-order valence-corrected chi connectivity index (χ1v) is 7.70. The molecule has 2 aliphatic rings. The third-order valence-corrected chi connectivity index (χ3v) is 4.76. The van der Waals surface area contributed by atoms with Crippen LogP contribution in [0.2, 0.25) is 0 Å². The number of carbonyl (C=O) groups is 1. The number of pyridine rings is 1. The molecule has 0 saturated carbocycles. The number of para-hydroxylation sites is 1. The zero-order valence-electron chi connectivity index (χ0n) is 12.0. The van der Waals surface area contributed by atoms with Crippen molar-refractivity contribution in [3.05, 3.63) is 42.1 Å². The normalized spacial score (nSPS) is 25.0. The number of likely N-dealkylation sites (tertiary alicyclic amines) is 1. The molecule has 0 spiro atoms. The first kappa shape index (κ1) is 12.8. The van der Waals surface area contributed by atoms with Gasteiger partial charge in [0, 0.05) is 24.5 Å². The second kappa shape index (κ2) is 5.11. The van der Waals surface area contributed by atoms with E-state index in [1.54, 1.807) is 0 Å². The minimum absolute atomic E-state index is 0.0751. The van der Waals surface area contributed by atoms with Crippen molar-refractivity contribution in [1.82, 2.24) is 15.2 Å². The van der Waals surface area contributed by atoms with Gasteiger partial charge in [-0.15, -0.1) is 0 Å². The molecule has 4 nitrogen and oxygen atoms in total. The van der Waals surface area contributed by atoms with E-state index < -0.39 is 0 Å². The number of rotatable bonds is 1. The van der Waals surface area contributed by atoms with Gasteiger partial charge in [0.2, 0.25) is 0 Å². The molecule has 2 atom stereocenters. The van der Waals surface area contributed by atoms with Gasteiger partial charge in [-0.3, -0.25) is 4.79 Å². The fraction of sp³-hybridized carbons (Fsp3) is 0.412. The fourth-order valence-electron chi connectivity index (χ4n) is 3.58. The summed E-state index contributed by atoms with van der Waals surface area (Å²) in [6, 6.07) is 12.4. The number of benzene rings is 1. The molecule has 0 radical (unpaired) electrons. The van der Waals surface area contributed by atoms with Crippen molar-refractivity contribution < 1.29 is 4.79 Å². The van der Waals surface area contributed by atoms with E-state index in [0.717, 1.165) is 37.0 Å². The molecule has 2 saturated heterocycles. The molecule has 21 heavy (non-hydrogen) atoms. The zero-order chi connectivity index (χ0) is 14.2. The summed E-state index contributed by atoms with van der Waals surface area (Å²) < 4.78 is 0. The van der Waals surface area contributed by atoms with Gasteiger partial charge in [0.05, 0.1) is 5.52 Å². The van der Waals surface area contributed by atoms with E-state index in [1.807, 2.05) is 41.3 Å². The van der Waals surface area contributed by atoms with Gasteiger partial charge in [0.15, 0.2) is 0 Å². The molecular weight excluding hydrogens is 262 g/mol. The highest BCUT2D eigenvalue weighted by molar-refractivity contribution is 5.95. The number of amides is 1. The molecule has 2 unspecified atom stereocenters. The minimum Gasteiger partial charge on any atom is -0.337 e. The van der Waals surface area contributed by atoms with Gasteiger partial charge in [0.1, 0.15) is 5.69 Å². The van der Waals surface area contributed by atoms with Gasteiger partial charge in [-0.1, -0.05) is 24.3 Å². The highest BCUT2D eigenvalue weighted by Gasteiger charge is 2.34. The zero-order valence-corrected chi connectivity index (χ0v) is 12.0. The first-order valence-electron chi connectivity index (χ1n) is 7.70. The summed E-state index contributed by atoms with van der Waals surface area (Å²) in [7, 11) is 0. The molecule has 2 aromatic rings. The van der Waals surface area contributed by atoms with Crippen molar-refractivity contribution >= 4 is 16.8 Å². The van der Waals surface area contributed by atoms with Crippen LogP contribution in [0.4, 0.5) is 0 Å². The Bertz CT molecular complexity index is 685. The number of hydrogen-bond donors (Lipinski definition) is 1. The number of nitrogens with one attached hydrogen (secondary N) is 1. The van der Waals surface area contributed by atoms with Crippen LogP contribution in [0.25, 0.3) is 10.9 Å². The molecule has 1 aromatic heterocycles. The SMILES string of the molecule is O=C(c1ccc2ccccc2n1)N1CCC2NCCC2C1. The summed E-state index contributed by atoms with van der Waals surface area (Å²) in [5.41, 5.74) is 1.46. The van der Waals surface area contributed by atoms with Crippen LogP contribution in [0, 0.1) is 5.92 Å². The van der Waals surface area contributed by atoms with Crippen LogP contribution < -0.4 is 5.32 Å². The molecule has 4 rings (SSSR count). The number of carbonyl (C=O) groups excluding carboxylic acids is 1. The predicted molar refractivity (Wildman–Crippen MR) is 82.2 cm³/mol. The lowest BCUT2D eigenvalue weighted by Crippen LogP contribution is -2.47. The molecule has 4 heteroatoms. The topological polar surface area (TPSA) is 45.2 Å². The Balaban J connectivity index is 1.58. The number of aromatic nitrogens is 1. The third-order valence-electron chi connectivity index (χ3n) is 4.76. The summed E-state index contributed by atoms with van der Waals surface area (Å²) in [6.07, 6.45) is 2.24. The van der Waals surface area contributed by atoms with E-state index in [9.17, 15) is 4.79 Å². The van der Waals surface area contributed by atoms with Crippen LogP contribution in [0.1, 0.15) is 23.3 Å². The average molecular weight is 281 g/mol. The Labute approximate surface area is 124 Å². The Morgan fingerprint density at radius 1 is 1.19 bits per heavy atom. The Kier molecular flexibility index (Phi) is 3.11. The summed E-state index contributed by atoms with van der Waals surface area (Å²) in [5, 5.41) is 4.60. The fourth-order valence-corrected chi connectivity index (χ4v) is 3.58. The lowest BCUT2D eigenvalue weighted by Gasteiger charge is -2.34. The lowest BCUT2D eigenvalue weighted by atomic mass is 9.93. The van der Waals surface area contributed by atoms with E-state index in [0.29, 0.717) is 17.7 Å². The predicted octanol–water partition coefficient (Wildman–Crippen LogP) is 2.06. The Hall–Kier alpha value is -1.94. The van der Waals surface area contributed by atoms with E-state index in [-0.39, 0.29) is 5.91 Å². The van der Waals surface area contributed by atoms with Gasteiger partial charge in [-0.2, -0.15) is 0 Å². The van der Waals surface area contributed by atoms with Crippen molar-refractivity contribution in [2.75, 3.05) is 19.6 Å². The van der Waals surface area contributed by atoms with Gasteiger partial charge in [-0.25, -0.2) is 4.98 Å². The van der Waals surface area contributed by atoms with E-state index in [2.05, 4.69) is 10.3 Å². The second-order valence-electron chi connectivity index (χ2n) is 6.04. The Morgan fingerprint density at radius 3 is 3.05 bits per heavy atom. The van der Waals surface area contributed by atoms with Crippen molar-refractivity contribution in [2.45, 2.75) is 18.9 Å². The third kappa shape index (κ3) is 2.29. The van der Waals surface area contributed by atoms with Crippen LogP contribution in [0.5, 0.6) is 0 Å². The van der Waals surface area contributed by atoms with Gasteiger partial charge >= 0.3 is 0 Å². The highest BCUT2D eigenvalue weighted by Crippen LogP contribution is 2.25. The minimum atomic E-state index is 0.0751. The maximum absolute atomic E-state index is 12.7. The van der Waals surface area contributed by atoms with Crippen LogP contribution >= 0.6 is 0 Å². The second-order valence-corrected chi connectivity index (χ2v) is 6.04. The summed E-state index contributed by atoms with van der Waals surface area (Å²) >= 11 is 0. The molecule has 2 aliphatic heterocycles. The van der Waals surface area contributed by atoms with Crippen LogP contribution in [0.15, 0.2) is 36.4 Å². The summed E-state index contributed by atoms with van der Waals surface area (Å²) in [4.78, 5) is 19.2. The molecule has 1 aromatic carbocycles. The quantitative estimate of drug-likeness (QED) is 0.870. The molecule has 1 N–H and O–H groups in total. The molecule has 3 heterocycles. The van der Waals surface area contributed by atoms with Crippen LogP contribution in [0.3, 0.4) is 0 Å². The molecule has 2 fully saturated rings. The number of fused-ring (bicyclic) bond motifs is 2. The smallest absolute Gasteiger partial charge is 0.272 e. The van der Waals surface area contributed by atoms with E-state index >= 15 is 0 Å². The summed E-state index contributed by atoms with van der Waals surface area (Å²) in [5.74, 6) is 0.689. The van der Waals surface area contributed by atoms with Crippen LogP contribution in [-0.2, 0) is 0 Å². The number of hydrogen-bond acceptors (Lipinski definition) is 3. The monoisotopic (exact) mass is 281 g/mol. The largest absolute Gasteiger partial charge is 0.337 e. The summed E-state index contributed by atoms with van der Waals surface area (Å²) in [6.45, 7) is 2.79. The number of piperidine rings is 1. The number of nitrogens with zero attached hydrogens (tertiary/aromatic N) is 2. The molecular formula is C17H19N3O. The van der Waals surface area contributed by atoms with Crippen molar-refractivity contribution in [2.24, 2.45) is 5.92 Å². The first-order chi connectivity index (χ1) is 10.3. The van der Waals surface area contributed by atoms with E-state index in [1.165, 1.54) is 6.42 Å². The maximum Gasteiger partial charge on any atom is 0.272 e. The highest BCUT2D eigenvalue weighted by atomic mass is 16.2. The van der Waals surface area contributed by atoms with Gasteiger partial charge in [-0.05, 0) is 37.4 Å². The lowest BCUT2D eigenvalue weighted by molar-refractivity contribution is 0.0656. The van der Waals surface area contributed by atoms with E-state index in [4.69, 9.17) is 0 Å². The molecule has 0 bridgehead atoms. The molecule has 108 valence electrons. The maximum atomic E-state index is 12.7. The average Bonchev–Trinajstić information content (AvgIpc) is 3.01. The van der Waals surface area contributed by atoms with Crippen molar-refractivity contribution in [1.29, 1.82) is 0 Å². The van der Waals surface area contributed by atoms with Crippen LogP contribution in [-0.4, -0.2) is 41.5 Å². The Morgan fingerprint density at radius 2 is 2.10 bits per heavy atom. The standard InChI is InChI=1S/C17H19N3O/c21-17(20-10-8-14-13(11-20)7-9-18-14)16-6-5-12-3-1-2-4-15(12)19-16/h1-6,13-14,18H,7-11H2. The molecule has 0 aliphatic carbocycles. The van der Waals surface area contributed by atoms with Gasteiger partial charge in [0.25, 0.3) is 5.91 Å².